The molecule has 1 unspecified atom stereocenters. The Morgan fingerprint density at radius 1 is 1.33 bits per heavy atom. The van der Waals surface area contributed by atoms with Crippen LogP contribution in [0.4, 0.5) is 0 Å². The fourth-order valence-corrected chi connectivity index (χ4v) is 3.33. The Labute approximate surface area is 125 Å². The summed E-state index contributed by atoms with van der Waals surface area (Å²) < 4.78 is 5.21. The fraction of sp³-hybridized carbons (Fsp3) is 0.800. The molecule has 1 saturated heterocycles. The predicted molar refractivity (Wildman–Crippen MR) is 77.8 cm³/mol. The van der Waals surface area contributed by atoms with Gasteiger partial charge in [0.25, 0.3) is 11.7 Å². The van der Waals surface area contributed by atoms with Gasteiger partial charge in [-0.3, -0.25) is 4.79 Å². The molecule has 2 heterocycles. The third-order valence-electron chi connectivity index (χ3n) is 4.76. The van der Waals surface area contributed by atoms with Gasteiger partial charge in [-0.05, 0) is 51.0 Å². The van der Waals surface area contributed by atoms with Crippen molar-refractivity contribution in [2.24, 2.45) is 5.92 Å². The van der Waals surface area contributed by atoms with Gasteiger partial charge in [-0.1, -0.05) is 18.5 Å². The zero-order chi connectivity index (χ0) is 14.7. The number of amides is 1. The van der Waals surface area contributed by atoms with E-state index in [-0.39, 0.29) is 23.8 Å². The Morgan fingerprint density at radius 3 is 2.81 bits per heavy atom. The number of carbonyl (C=O) groups excluding carboxylic acids is 1. The average Bonchev–Trinajstić information content (AvgIpc) is 3.19. The highest BCUT2D eigenvalue weighted by molar-refractivity contribution is 5.90. The first-order valence-electron chi connectivity index (χ1n) is 8.14. The number of carbonyl (C=O) groups is 1. The molecule has 1 saturated carbocycles. The van der Waals surface area contributed by atoms with Gasteiger partial charge < -0.3 is 15.2 Å². The number of rotatable bonds is 4. The van der Waals surface area contributed by atoms with Crippen LogP contribution in [-0.2, 0) is 0 Å². The smallest absolute Gasteiger partial charge is 0.292 e. The minimum absolute atomic E-state index is 0.110. The second kappa shape index (κ2) is 6.56. The summed E-state index contributed by atoms with van der Waals surface area (Å²) in [4.78, 5) is 16.4. The van der Waals surface area contributed by atoms with Crippen LogP contribution in [0, 0.1) is 5.92 Å². The molecule has 116 valence electrons. The molecule has 0 spiro atoms. The van der Waals surface area contributed by atoms with Crippen LogP contribution < -0.4 is 10.6 Å². The van der Waals surface area contributed by atoms with E-state index in [0.717, 1.165) is 38.1 Å². The molecule has 3 rings (SSSR count). The van der Waals surface area contributed by atoms with Gasteiger partial charge in [-0.2, -0.15) is 4.98 Å². The average molecular weight is 292 g/mol. The Kier molecular flexibility index (Phi) is 4.53. The van der Waals surface area contributed by atoms with Gasteiger partial charge >= 0.3 is 0 Å². The summed E-state index contributed by atoms with van der Waals surface area (Å²) in [6.07, 6.45) is 7.84. The predicted octanol–water partition coefficient (Wildman–Crippen LogP) is 2.19. The van der Waals surface area contributed by atoms with E-state index in [2.05, 4.69) is 27.7 Å². The van der Waals surface area contributed by atoms with E-state index >= 15 is 0 Å². The number of aromatic nitrogens is 2. The highest BCUT2D eigenvalue weighted by Crippen LogP contribution is 2.26. The van der Waals surface area contributed by atoms with Crippen LogP contribution in [0.5, 0.6) is 0 Å². The zero-order valence-electron chi connectivity index (χ0n) is 12.6. The van der Waals surface area contributed by atoms with Crippen molar-refractivity contribution in [2.75, 3.05) is 6.54 Å². The largest absolute Gasteiger partial charge is 0.346 e. The lowest BCUT2D eigenvalue weighted by Gasteiger charge is -2.27. The molecule has 1 amide bonds. The minimum atomic E-state index is -0.206. The minimum Gasteiger partial charge on any atom is -0.346 e. The van der Waals surface area contributed by atoms with E-state index in [1.54, 1.807) is 0 Å². The number of hydrogen-bond donors (Lipinski definition) is 2. The standard InChI is InChI=1S/C15H24N4O2/c1-2-10-5-7-11(8-6-10)17-14(20)13-18-15(21-19-13)12-4-3-9-16-12/h10-12,16H,2-9H2,1H3,(H,17,20). The number of nitrogens with one attached hydrogen (secondary N) is 2. The summed E-state index contributed by atoms with van der Waals surface area (Å²) in [6.45, 7) is 3.21. The first kappa shape index (κ1) is 14.5. The Hall–Kier alpha value is -1.43. The lowest BCUT2D eigenvalue weighted by atomic mass is 9.84. The summed E-state index contributed by atoms with van der Waals surface area (Å²) in [7, 11) is 0. The molecule has 6 heteroatoms. The topological polar surface area (TPSA) is 80.0 Å². The Bertz CT molecular complexity index is 474. The second-order valence-electron chi connectivity index (χ2n) is 6.20. The van der Waals surface area contributed by atoms with Crippen molar-refractivity contribution in [3.63, 3.8) is 0 Å². The molecule has 6 nitrogen and oxygen atoms in total. The summed E-state index contributed by atoms with van der Waals surface area (Å²) in [5.41, 5.74) is 0. The van der Waals surface area contributed by atoms with E-state index in [9.17, 15) is 4.79 Å². The van der Waals surface area contributed by atoms with Crippen LogP contribution in [0.25, 0.3) is 0 Å². The summed E-state index contributed by atoms with van der Waals surface area (Å²) in [5, 5.41) is 10.1. The van der Waals surface area contributed by atoms with Gasteiger partial charge in [-0.25, -0.2) is 0 Å². The number of nitrogens with zero attached hydrogens (tertiary/aromatic N) is 2. The van der Waals surface area contributed by atoms with Crippen LogP contribution >= 0.6 is 0 Å². The molecule has 0 aromatic carbocycles. The van der Waals surface area contributed by atoms with Crippen molar-refractivity contribution in [3.8, 4) is 0 Å². The van der Waals surface area contributed by atoms with Crippen molar-refractivity contribution in [1.29, 1.82) is 0 Å². The molecule has 2 N–H and O–H groups in total. The molecular weight excluding hydrogens is 268 g/mol. The molecule has 1 atom stereocenters. The van der Waals surface area contributed by atoms with Crippen LogP contribution in [-0.4, -0.2) is 28.6 Å². The fourth-order valence-electron chi connectivity index (χ4n) is 3.33. The highest BCUT2D eigenvalue weighted by Gasteiger charge is 2.26. The first-order valence-corrected chi connectivity index (χ1v) is 8.14. The van der Waals surface area contributed by atoms with E-state index < -0.39 is 0 Å². The molecule has 1 aliphatic carbocycles. The van der Waals surface area contributed by atoms with E-state index in [1.165, 1.54) is 19.3 Å². The molecule has 0 radical (unpaired) electrons. The van der Waals surface area contributed by atoms with Crippen molar-refractivity contribution >= 4 is 5.91 Å². The second-order valence-corrected chi connectivity index (χ2v) is 6.20. The summed E-state index contributed by atoms with van der Waals surface area (Å²) in [6, 6.07) is 0.367. The van der Waals surface area contributed by atoms with Crippen LogP contribution in [0.1, 0.15) is 74.4 Å². The molecule has 1 aromatic rings. The Balaban J connectivity index is 1.53. The quantitative estimate of drug-likeness (QED) is 0.889. The Morgan fingerprint density at radius 2 is 2.14 bits per heavy atom. The normalized spacial score (nSPS) is 29.5. The molecular formula is C15H24N4O2. The molecule has 1 aromatic heterocycles. The van der Waals surface area contributed by atoms with Crippen LogP contribution in [0.3, 0.4) is 0 Å². The molecule has 2 fully saturated rings. The summed E-state index contributed by atoms with van der Waals surface area (Å²) >= 11 is 0. The monoisotopic (exact) mass is 292 g/mol. The van der Waals surface area contributed by atoms with Gasteiger partial charge in [0, 0.05) is 6.04 Å². The lowest BCUT2D eigenvalue weighted by molar-refractivity contribution is 0.0908. The summed E-state index contributed by atoms with van der Waals surface area (Å²) in [5.74, 6) is 1.31. The lowest BCUT2D eigenvalue weighted by Crippen LogP contribution is -2.38. The number of hydrogen-bond acceptors (Lipinski definition) is 5. The molecule has 21 heavy (non-hydrogen) atoms. The third-order valence-corrected chi connectivity index (χ3v) is 4.76. The van der Waals surface area contributed by atoms with Crippen molar-refractivity contribution < 1.29 is 9.32 Å². The maximum atomic E-state index is 12.2. The maximum absolute atomic E-state index is 12.2. The van der Waals surface area contributed by atoms with Crippen LogP contribution in [0.15, 0.2) is 4.52 Å². The van der Waals surface area contributed by atoms with Crippen LogP contribution in [0.2, 0.25) is 0 Å². The van der Waals surface area contributed by atoms with E-state index in [4.69, 9.17) is 4.52 Å². The maximum Gasteiger partial charge on any atom is 0.292 e. The SMILES string of the molecule is CCC1CCC(NC(=O)c2noc(C3CCCN3)n2)CC1. The zero-order valence-corrected chi connectivity index (χ0v) is 12.6. The van der Waals surface area contributed by atoms with Gasteiger partial charge in [0.1, 0.15) is 0 Å². The van der Waals surface area contributed by atoms with Gasteiger partial charge in [-0.15, -0.1) is 0 Å². The van der Waals surface area contributed by atoms with Crippen molar-refractivity contribution in [3.05, 3.63) is 11.7 Å². The van der Waals surface area contributed by atoms with Crippen molar-refractivity contribution in [2.45, 2.75) is 64.0 Å². The van der Waals surface area contributed by atoms with E-state index in [1.807, 2.05) is 0 Å². The highest BCUT2D eigenvalue weighted by atomic mass is 16.5. The van der Waals surface area contributed by atoms with Gasteiger partial charge in [0.2, 0.25) is 5.89 Å². The van der Waals surface area contributed by atoms with Crippen molar-refractivity contribution in [1.82, 2.24) is 20.8 Å². The molecule has 0 bridgehead atoms. The first-order chi connectivity index (χ1) is 10.3. The molecule has 2 aliphatic rings. The van der Waals surface area contributed by atoms with Gasteiger partial charge in [0.05, 0.1) is 6.04 Å². The van der Waals surface area contributed by atoms with Gasteiger partial charge in [0.15, 0.2) is 0 Å². The molecule has 1 aliphatic heterocycles. The third kappa shape index (κ3) is 3.43. The van der Waals surface area contributed by atoms with E-state index in [0.29, 0.717) is 5.89 Å².